The summed E-state index contributed by atoms with van der Waals surface area (Å²) in [6.45, 7) is 4.57. The number of halogens is 2. The molecule has 2 saturated heterocycles. The molecule has 11 heteroatoms. The van der Waals surface area contributed by atoms with Crippen LogP contribution in [0.1, 0.15) is 12.8 Å². The molecule has 4 heterocycles. The first-order chi connectivity index (χ1) is 16.1. The van der Waals surface area contributed by atoms with E-state index in [4.69, 9.17) is 23.2 Å². The normalized spacial score (nSPS) is 17.5. The standard InChI is InChI=1S/C22H24Cl2N8O/c23-18-2-1-17(11-19(18)24)29-7-9-31(10-8-29)22(33)16-3-5-30(6-4-16)20-12-21(27-14-26-20)32-15-25-13-28-32/h1-2,11-16H,3-10H2. The van der Waals surface area contributed by atoms with Crippen LogP contribution in [0.15, 0.2) is 43.2 Å². The molecular formula is C22H24Cl2N8O. The van der Waals surface area contributed by atoms with Gasteiger partial charge in [-0.3, -0.25) is 4.79 Å². The van der Waals surface area contributed by atoms with Crippen molar-refractivity contribution in [3.05, 3.63) is 53.3 Å². The number of hydrogen-bond acceptors (Lipinski definition) is 7. The van der Waals surface area contributed by atoms with Crippen LogP contribution >= 0.6 is 23.2 Å². The molecule has 2 fully saturated rings. The predicted molar refractivity (Wildman–Crippen MR) is 127 cm³/mol. The van der Waals surface area contributed by atoms with Crippen LogP contribution in [0, 0.1) is 5.92 Å². The van der Waals surface area contributed by atoms with Crippen molar-refractivity contribution in [2.75, 3.05) is 49.1 Å². The highest BCUT2D eigenvalue weighted by Gasteiger charge is 2.31. The van der Waals surface area contributed by atoms with Gasteiger partial charge in [-0.15, -0.1) is 0 Å². The smallest absolute Gasteiger partial charge is 0.225 e. The minimum absolute atomic E-state index is 0.0504. The number of piperazine rings is 1. The molecule has 1 aromatic carbocycles. The average molecular weight is 487 g/mol. The summed E-state index contributed by atoms with van der Waals surface area (Å²) in [7, 11) is 0. The summed E-state index contributed by atoms with van der Waals surface area (Å²) >= 11 is 12.2. The van der Waals surface area contributed by atoms with Crippen molar-refractivity contribution < 1.29 is 4.79 Å². The Hall–Kier alpha value is -2.91. The van der Waals surface area contributed by atoms with E-state index in [0.29, 0.717) is 29.0 Å². The van der Waals surface area contributed by atoms with Gasteiger partial charge in [-0.05, 0) is 31.0 Å². The fourth-order valence-corrected chi connectivity index (χ4v) is 4.73. The van der Waals surface area contributed by atoms with Gasteiger partial charge in [-0.1, -0.05) is 23.2 Å². The Morgan fingerprint density at radius 1 is 0.848 bits per heavy atom. The van der Waals surface area contributed by atoms with E-state index in [1.165, 1.54) is 12.7 Å². The van der Waals surface area contributed by atoms with Crippen molar-refractivity contribution in [3.63, 3.8) is 0 Å². The molecule has 172 valence electrons. The zero-order chi connectivity index (χ0) is 22.8. The molecule has 0 N–H and O–H groups in total. The highest BCUT2D eigenvalue weighted by atomic mass is 35.5. The van der Waals surface area contributed by atoms with Crippen LogP contribution in [0.3, 0.4) is 0 Å². The quantitative estimate of drug-likeness (QED) is 0.560. The Kier molecular flexibility index (Phi) is 6.32. The molecule has 0 bridgehead atoms. The summed E-state index contributed by atoms with van der Waals surface area (Å²) < 4.78 is 1.61. The van der Waals surface area contributed by atoms with E-state index >= 15 is 0 Å². The maximum absolute atomic E-state index is 13.2. The van der Waals surface area contributed by atoms with Crippen molar-refractivity contribution in [2.45, 2.75) is 12.8 Å². The fraction of sp³-hybridized carbons (Fsp3) is 0.409. The van der Waals surface area contributed by atoms with Gasteiger partial charge in [0.05, 0.1) is 10.0 Å². The van der Waals surface area contributed by atoms with E-state index in [-0.39, 0.29) is 11.8 Å². The molecule has 2 aromatic heterocycles. The van der Waals surface area contributed by atoms with Crippen molar-refractivity contribution in [1.82, 2.24) is 29.6 Å². The van der Waals surface area contributed by atoms with Gasteiger partial charge in [0, 0.05) is 56.9 Å². The first-order valence-corrected chi connectivity index (χ1v) is 11.7. The molecule has 0 radical (unpaired) electrons. The lowest BCUT2D eigenvalue weighted by Crippen LogP contribution is -2.51. The minimum atomic E-state index is 0.0504. The van der Waals surface area contributed by atoms with Crippen LogP contribution in [0.4, 0.5) is 11.5 Å². The van der Waals surface area contributed by atoms with Crippen molar-refractivity contribution >= 4 is 40.6 Å². The maximum Gasteiger partial charge on any atom is 0.225 e. The Bertz CT molecular complexity index is 1110. The number of anilines is 2. The van der Waals surface area contributed by atoms with E-state index in [2.05, 4.69) is 29.9 Å². The molecule has 2 aliphatic heterocycles. The van der Waals surface area contributed by atoms with Gasteiger partial charge < -0.3 is 14.7 Å². The summed E-state index contributed by atoms with van der Waals surface area (Å²) in [5, 5.41) is 5.23. The summed E-state index contributed by atoms with van der Waals surface area (Å²) in [6.07, 6.45) is 6.25. The molecule has 0 aliphatic carbocycles. The monoisotopic (exact) mass is 486 g/mol. The second-order valence-corrected chi connectivity index (χ2v) is 9.06. The van der Waals surface area contributed by atoms with E-state index in [1.54, 1.807) is 11.0 Å². The Morgan fingerprint density at radius 3 is 2.30 bits per heavy atom. The number of aromatic nitrogens is 5. The fourth-order valence-electron chi connectivity index (χ4n) is 4.44. The molecule has 2 aliphatic rings. The highest BCUT2D eigenvalue weighted by Crippen LogP contribution is 2.29. The number of carbonyl (C=O) groups excluding carboxylic acids is 1. The van der Waals surface area contributed by atoms with Gasteiger partial charge in [-0.2, -0.15) is 5.10 Å². The first kappa shape index (κ1) is 21.9. The first-order valence-electron chi connectivity index (χ1n) is 11.0. The molecule has 3 aromatic rings. The highest BCUT2D eigenvalue weighted by molar-refractivity contribution is 6.42. The van der Waals surface area contributed by atoms with Gasteiger partial charge in [-0.25, -0.2) is 19.6 Å². The van der Waals surface area contributed by atoms with E-state index in [0.717, 1.165) is 50.5 Å². The lowest BCUT2D eigenvalue weighted by atomic mass is 9.95. The van der Waals surface area contributed by atoms with E-state index < -0.39 is 0 Å². The molecule has 33 heavy (non-hydrogen) atoms. The number of piperidine rings is 1. The van der Waals surface area contributed by atoms with Gasteiger partial charge in [0.1, 0.15) is 24.8 Å². The Balaban J connectivity index is 1.15. The molecule has 0 atom stereocenters. The number of hydrogen-bond donors (Lipinski definition) is 0. The minimum Gasteiger partial charge on any atom is -0.368 e. The largest absolute Gasteiger partial charge is 0.368 e. The van der Waals surface area contributed by atoms with Gasteiger partial charge >= 0.3 is 0 Å². The number of amides is 1. The van der Waals surface area contributed by atoms with Crippen LogP contribution in [0.5, 0.6) is 0 Å². The molecule has 0 spiro atoms. The van der Waals surface area contributed by atoms with Crippen molar-refractivity contribution in [1.29, 1.82) is 0 Å². The molecule has 9 nitrogen and oxygen atoms in total. The number of carbonyl (C=O) groups is 1. The third-order valence-electron chi connectivity index (χ3n) is 6.32. The summed E-state index contributed by atoms with van der Waals surface area (Å²) in [5.41, 5.74) is 1.04. The van der Waals surface area contributed by atoms with Crippen LogP contribution in [-0.2, 0) is 4.79 Å². The summed E-state index contributed by atoms with van der Waals surface area (Å²) in [4.78, 5) is 32.2. The maximum atomic E-state index is 13.2. The number of benzene rings is 1. The van der Waals surface area contributed by atoms with Crippen LogP contribution in [-0.4, -0.2) is 74.8 Å². The second-order valence-electron chi connectivity index (χ2n) is 8.25. The SMILES string of the molecule is O=C(C1CCN(c2cc(-n3cncn3)ncn2)CC1)N1CCN(c2ccc(Cl)c(Cl)c2)CC1. The van der Waals surface area contributed by atoms with Crippen LogP contribution in [0.25, 0.3) is 5.82 Å². The van der Waals surface area contributed by atoms with E-state index in [9.17, 15) is 4.79 Å². The van der Waals surface area contributed by atoms with Crippen molar-refractivity contribution in [2.24, 2.45) is 5.92 Å². The third kappa shape index (κ3) is 4.74. The van der Waals surface area contributed by atoms with Gasteiger partial charge in [0.2, 0.25) is 5.91 Å². The van der Waals surface area contributed by atoms with Crippen LogP contribution < -0.4 is 9.80 Å². The molecule has 5 rings (SSSR count). The van der Waals surface area contributed by atoms with E-state index in [1.807, 2.05) is 29.2 Å². The molecule has 0 saturated carbocycles. The number of nitrogens with zero attached hydrogens (tertiary/aromatic N) is 8. The van der Waals surface area contributed by atoms with Crippen LogP contribution in [0.2, 0.25) is 10.0 Å². The zero-order valence-electron chi connectivity index (χ0n) is 18.0. The third-order valence-corrected chi connectivity index (χ3v) is 7.06. The summed E-state index contributed by atoms with van der Waals surface area (Å²) in [6, 6.07) is 7.58. The topological polar surface area (TPSA) is 83.3 Å². The Labute approximate surface area is 201 Å². The molecular weight excluding hydrogens is 463 g/mol. The Morgan fingerprint density at radius 2 is 1.61 bits per heavy atom. The van der Waals surface area contributed by atoms with Gasteiger partial charge in [0.25, 0.3) is 0 Å². The number of rotatable bonds is 4. The molecule has 1 amide bonds. The lowest BCUT2D eigenvalue weighted by molar-refractivity contribution is -0.136. The predicted octanol–water partition coefficient (Wildman–Crippen LogP) is 2.93. The van der Waals surface area contributed by atoms with Gasteiger partial charge in [0.15, 0.2) is 5.82 Å². The average Bonchev–Trinajstić information content (AvgIpc) is 3.41. The lowest BCUT2D eigenvalue weighted by Gasteiger charge is -2.39. The van der Waals surface area contributed by atoms with Crippen molar-refractivity contribution in [3.8, 4) is 5.82 Å². The molecule has 0 unspecified atom stereocenters. The second kappa shape index (κ2) is 9.52. The summed E-state index contributed by atoms with van der Waals surface area (Å²) in [5.74, 6) is 1.83. The zero-order valence-corrected chi connectivity index (χ0v) is 19.5.